The molecular formula is C19H40O4. The number of hydrogen-bond acceptors (Lipinski definition) is 4. The molecule has 0 heterocycles. The van der Waals surface area contributed by atoms with Crippen molar-refractivity contribution in [2.24, 2.45) is 16.2 Å². The van der Waals surface area contributed by atoms with Crippen LogP contribution in [0, 0.1) is 16.2 Å². The van der Waals surface area contributed by atoms with E-state index in [0.717, 1.165) is 25.7 Å². The molecule has 0 bridgehead atoms. The Bertz CT molecular complexity index is 278. The Morgan fingerprint density at radius 2 is 1.17 bits per heavy atom. The number of aliphatic hydroxyl groups excluding tert-OH is 2. The van der Waals surface area contributed by atoms with Gasteiger partial charge in [-0.1, -0.05) is 54.4 Å². The van der Waals surface area contributed by atoms with Crippen molar-refractivity contribution in [3.8, 4) is 0 Å². The molecule has 0 aliphatic heterocycles. The molecule has 2 N–H and O–H groups in total. The predicted molar refractivity (Wildman–Crippen MR) is 95.6 cm³/mol. The maximum absolute atomic E-state index is 9.35. The summed E-state index contributed by atoms with van der Waals surface area (Å²) in [6.07, 6.45) is 4.41. The average molecular weight is 333 g/mol. The number of hydrogen-bond donors (Lipinski definition) is 2. The largest absolute Gasteiger partial charge is 0.396 e. The molecule has 0 aliphatic rings. The smallest absolute Gasteiger partial charge is 0.0544 e. The summed E-state index contributed by atoms with van der Waals surface area (Å²) in [5.74, 6) is 0. The number of rotatable bonds is 14. The lowest BCUT2D eigenvalue weighted by Gasteiger charge is -2.35. The summed E-state index contributed by atoms with van der Waals surface area (Å²) in [5.41, 5.74) is -0.388. The van der Waals surface area contributed by atoms with Gasteiger partial charge in [-0.05, 0) is 12.8 Å². The van der Waals surface area contributed by atoms with Crippen LogP contribution in [-0.4, -0.2) is 49.9 Å². The average Bonchev–Trinajstić information content (AvgIpc) is 2.52. The minimum atomic E-state index is -0.204. The summed E-state index contributed by atoms with van der Waals surface area (Å²) in [4.78, 5) is 0. The Hall–Kier alpha value is -0.160. The molecule has 0 radical (unpaired) electrons. The van der Waals surface area contributed by atoms with Gasteiger partial charge in [-0.3, -0.25) is 0 Å². The van der Waals surface area contributed by atoms with E-state index < -0.39 is 0 Å². The van der Waals surface area contributed by atoms with Crippen LogP contribution in [0.4, 0.5) is 0 Å². The van der Waals surface area contributed by atoms with Crippen molar-refractivity contribution in [3.63, 3.8) is 0 Å². The van der Waals surface area contributed by atoms with Crippen LogP contribution in [0.25, 0.3) is 0 Å². The summed E-state index contributed by atoms with van der Waals surface area (Å²) >= 11 is 0. The van der Waals surface area contributed by atoms with Gasteiger partial charge < -0.3 is 19.7 Å². The van der Waals surface area contributed by atoms with Gasteiger partial charge in [0.25, 0.3) is 0 Å². The van der Waals surface area contributed by atoms with E-state index in [2.05, 4.69) is 13.8 Å². The molecule has 0 fully saturated rings. The van der Waals surface area contributed by atoms with Crippen LogP contribution < -0.4 is 0 Å². The Morgan fingerprint density at radius 1 is 0.739 bits per heavy atom. The third-order valence-electron chi connectivity index (χ3n) is 4.47. The van der Waals surface area contributed by atoms with Gasteiger partial charge in [-0.2, -0.15) is 0 Å². The lowest BCUT2D eigenvalue weighted by atomic mass is 9.81. The van der Waals surface area contributed by atoms with E-state index in [1.807, 2.05) is 27.7 Å². The van der Waals surface area contributed by atoms with Gasteiger partial charge >= 0.3 is 0 Å². The number of aliphatic hydroxyl groups is 2. The lowest BCUT2D eigenvalue weighted by Crippen LogP contribution is -2.36. The summed E-state index contributed by atoms with van der Waals surface area (Å²) in [5, 5.41) is 18.7. The quantitative estimate of drug-likeness (QED) is 0.510. The van der Waals surface area contributed by atoms with Crippen LogP contribution in [0.15, 0.2) is 0 Å². The van der Waals surface area contributed by atoms with Crippen molar-refractivity contribution >= 4 is 0 Å². The molecule has 0 aromatic carbocycles. The van der Waals surface area contributed by atoms with Gasteiger partial charge in [0.05, 0.1) is 39.6 Å². The molecule has 0 saturated carbocycles. The molecule has 0 amide bonds. The van der Waals surface area contributed by atoms with E-state index in [1.165, 1.54) is 0 Å². The first-order valence-electron chi connectivity index (χ1n) is 9.03. The first kappa shape index (κ1) is 22.8. The highest BCUT2D eigenvalue weighted by atomic mass is 16.5. The third-order valence-corrected chi connectivity index (χ3v) is 4.47. The van der Waals surface area contributed by atoms with Gasteiger partial charge in [0.1, 0.15) is 0 Å². The monoisotopic (exact) mass is 332 g/mol. The Morgan fingerprint density at radius 3 is 1.48 bits per heavy atom. The molecule has 23 heavy (non-hydrogen) atoms. The summed E-state index contributed by atoms with van der Waals surface area (Å²) < 4.78 is 11.9. The van der Waals surface area contributed by atoms with Crippen LogP contribution in [0.2, 0.25) is 0 Å². The summed E-state index contributed by atoms with van der Waals surface area (Å²) in [7, 11) is 0. The fourth-order valence-corrected chi connectivity index (χ4v) is 2.30. The maximum Gasteiger partial charge on any atom is 0.0544 e. The SMILES string of the molecule is CCCCC(CC)(COCC(C)(C)CO)COCC(C)(C)CO. The van der Waals surface area contributed by atoms with E-state index in [4.69, 9.17) is 9.47 Å². The Kier molecular flexibility index (Phi) is 10.6. The van der Waals surface area contributed by atoms with Crippen LogP contribution in [0.5, 0.6) is 0 Å². The van der Waals surface area contributed by atoms with Crippen LogP contribution in [-0.2, 0) is 9.47 Å². The second-order valence-electron chi connectivity index (χ2n) is 8.59. The minimum Gasteiger partial charge on any atom is -0.396 e. The zero-order chi connectivity index (χ0) is 18.0. The topological polar surface area (TPSA) is 58.9 Å². The molecule has 0 aliphatic carbocycles. The van der Waals surface area contributed by atoms with Crippen molar-refractivity contribution in [1.29, 1.82) is 0 Å². The minimum absolute atomic E-state index is 0.0209. The standard InChI is InChI=1S/C19H40O4/c1-7-9-10-19(8-2,15-22-13-17(3,4)11-20)16-23-14-18(5,6)12-21/h20-21H,7-16H2,1-6H3. The zero-order valence-corrected chi connectivity index (χ0v) is 16.3. The van der Waals surface area contributed by atoms with E-state index in [-0.39, 0.29) is 29.5 Å². The fraction of sp³-hybridized carbons (Fsp3) is 1.00. The molecule has 0 saturated heterocycles. The second kappa shape index (κ2) is 10.7. The van der Waals surface area contributed by atoms with Crippen molar-refractivity contribution in [3.05, 3.63) is 0 Å². The Labute approximate surface area is 143 Å². The molecule has 0 aromatic heterocycles. The molecular weight excluding hydrogens is 292 g/mol. The van der Waals surface area contributed by atoms with Gasteiger partial charge in [0.2, 0.25) is 0 Å². The fourth-order valence-electron chi connectivity index (χ4n) is 2.30. The molecule has 4 nitrogen and oxygen atoms in total. The van der Waals surface area contributed by atoms with E-state index >= 15 is 0 Å². The molecule has 0 unspecified atom stereocenters. The van der Waals surface area contributed by atoms with E-state index in [0.29, 0.717) is 26.4 Å². The highest BCUT2D eigenvalue weighted by Crippen LogP contribution is 2.31. The normalized spacial score (nSPS) is 13.6. The lowest BCUT2D eigenvalue weighted by molar-refractivity contribution is -0.0709. The van der Waals surface area contributed by atoms with Gasteiger partial charge in [-0.25, -0.2) is 0 Å². The molecule has 4 heteroatoms. The second-order valence-corrected chi connectivity index (χ2v) is 8.59. The van der Waals surface area contributed by atoms with Gasteiger partial charge in [0.15, 0.2) is 0 Å². The summed E-state index contributed by atoms with van der Waals surface area (Å²) in [6.45, 7) is 15.1. The zero-order valence-electron chi connectivity index (χ0n) is 16.3. The highest BCUT2D eigenvalue weighted by Gasteiger charge is 2.30. The van der Waals surface area contributed by atoms with Crippen molar-refractivity contribution < 1.29 is 19.7 Å². The molecule has 0 spiro atoms. The predicted octanol–water partition coefficient (Wildman–Crippen LogP) is 3.64. The van der Waals surface area contributed by atoms with Crippen LogP contribution in [0.3, 0.4) is 0 Å². The molecule has 0 rings (SSSR count). The van der Waals surface area contributed by atoms with Crippen molar-refractivity contribution in [2.75, 3.05) is 39.6 Å². The number of ether oxygens (including phenoxy) is 2. The van der Waals surface area contributed by atoms with Gasteiger partial charge in [0, 0.05) is 16.2 Å². The van der Waals surface area contributed by atoms with Crippen LogP contribution >= 0.6 is 0 Å². The van der Waals surface area contributed by atoms with Crippen molar-refractivity contribution in [1.82, 2.24) is 0 Å². The summed E-state index contributed by atoms with van der Waals surface area (Å²) in [6, 6.07) is 0. The maximum atomic E-state index is 9.35. The first-order valence-corrected chi connectivity index (χ1v) is 9.03. The molecule has 0 atom stereocenters. The molecule has 140 valence electrons. The number of unbranched alkanes of at least 4 members (excludes halogenated alkanes) is 1. The molecule has 0 aromatic rings. The van der Waals surface area contributed by atoms with Gasteiger partial charge in [-0.15, -0.1) is 0 Å². The van der Waals surface area contributed by atoms with Crippen LogP contribution in [0.1, 0.15) is 67.2 Å². The van der Waals surface area contributed by atoms with E-state index in [9.17, 15) is 10.2 Å². The highest BCUT2D eigenvalue weighted by molar-refractivity contribution is 4.79. The first-order chi connectivity index (χ1) is 10.7. The Balaban J connectivity index is 4.61. The third kappa shape index (κ3) is 9.65. The van der Waals surface area contributed by atoms with Crippen molar-refractivity contribution in [2.45, 2.75) is 67.2 Å². The van der Waals surface area contributed by atoms with E-state index in [1.54, 1.807) is 0 Å².